The molecule has 0 fully saturated rings. The summed E-state index contributed by atoms with van der Waals surface area (Å²) in [4.78, 5) is 37.3. The molecule has 0 aliphatic heterocycles. The summed E-state index contributed by atoms with van der Waals surface area (Å²) in [6.45, 7) is 11.0. The molecular formula is C33H53ClNO5-. The number of amides is 1. The largest absolute Gasteiger partial charge is 0.545 e. The highest BCUT2D eigenvalue weighted by molar-refractivity contribution is 6.43. The molecule has 0 spiro atoms. The predicted octanol–water partition coefficient (Wildman–Crippen LogP) is 8.02. The van der Waals surface area contributed by atoms with Gasteiger partial charge in [-0.05, 0) is 32.8 Å². The minimum atomic E-state index is -1.37. The van der Waals surface area contributed by atoms with E-state index in [1.165, 1.54) is 82.8 Å². The standard InChI is InChI=1S/C33H54ClNO5/c1-7-8-9-10-11-12-13-14-15-16-17-18-19-20-21-25-26(32(38)39)22-23-27(29(25)40-24(2)3)35-31(37)28(34)30(36)33(4,5)6/h22-24,28H,7-21H2,1-6H3,(H,35,37)(H,38,39)/p-1. The van der Waals surface area contributed by atoms with E-state index in [0.29, 0.717) is 23.4 Å². The number of ketones is 1. The number of hydrogen-bond acceptors (Lipinski definition) is 5. The van der Waals surface area contributed by atoms with Crippen molar-refractivity contribution in [3.8, 4) is 5.75 Å². The van der Waals surface area contributed by atoms with E-state index in [9.17, 15) is 19.5 Å². The Balaban J connectivity index is 2.71. The summed E-state index contributed by atoms with van der Waals surface area (Å²) >= 11 is 6.19. The number of carboxylic acid groups (broad SMARTS) is 1. The van der Waals surface area contributed by atoms with Crippen molar-refractivity contribution in [2.24, 2.45) is 5.41 Å². The number of Topliss-reactive ketones (excluding diaryl/α,β-unsaturated/α-hetero) is 1. The van der Waals surface area contributed by atoms with Crippen molar-refractivity contribution in [1.29, 1.82) is 0 Å². The van der Waals surface area contributed by atoms with Crippen LogP contribution in [0.25, 0.3) is 0 Å². The van der Waals surface area contributed by atoms with Crippen LogP contribution in [0.2, 0.25) is 0 Å². The highest BCUT2D eigenvalue weighted by atomic mass is 35.5. The molecule has 1 rings (SSSR count). The molecule has 0 aliphatic rings. The van der Waals surface area contributed by atoms with Crippen LogP contribution in [0.3, 0.4) is 0 Å². The quantitative estimate of drug-likeness (QED) is 0.0905. The van der Waals surface area contributed by atoms with Gasteiger partial charge in [0.25, 0.3) is 0 Å². The Labute approximate surface area is 248 Å². The van der Waals surface area contributed by atoms with E-state index in [-0.39, 0.29) is 11.7 Å². The van der Waals surface area contributed by atoms with Crippen LogP contribution in [0.4, 0.5) is 5.69 Å². The fourth-order valence-electron chi connectivity index (χ4n) is 4.73. The van der Waals surface area contributed by atoms with E-state index in [1.807, 2.05) is 13.8 Å². The number of halogens is 1. The molecule has 228 valence electrons. The van der Waals surface area contributed by atoms with Crippen molar-refractivity contribution in [3.63, 3.8) is 0 Å². The van der Waals surface area contributed by atoms with Crippen LogP contribution in [-0.2, 0) is 16.0 Å². The third kappa shape index (κ3) is 13.5. The molecule has 0 aliphatic carbocycles. The summed E-state index contributed by atoms with van der Waals surface area (Å²) < 4.78 is 6.01. The normalized spacial score (nSPS) is 12.4. The second-order valence-corrected chi connectivity index (χ2v) is 12.7. The lowest BCUT2D eigenvalue weighted by Gasteiger charge is -2.23. The highest BCUT2D eigenvalue weighted by Crippen LogP contribution is 2.35. The maximum atomic E-state index is 12.8. The van der Waals surface area contributed by atoms with Gasteiger partial charge in [-0.1, -0.05) is 117 Å². The van der Waals surface area contributed by atoms with Crippen molar-refractivity contribution in [2.75, 3.05) is 5.32 Å². The van der Waals surface area contributed by atoms with Crippen molar-refractivity contribution in [3.05, 3.63) is 23.3 Å². The Bertz CT molecular complexity index is 922. The zero-order valence-electron chi connectivity index (χ0n) is 25.8. The van der Waals surface area contributed by atoms with Gasteiger partial charge in [-0.3, -0.25) is 9.59 Å². The first-order valence-electron chi connectivity index (χ1n) is 15.4. The Morgan fingerprint density at radius 3 is 1.75 bits per heavy atom. The zero-order valence-corrected chi connectivity index (χ0v) is 26.6. The van der Waals surface area contributed by atoms with Gasteiger partial charge < -0.3 is 20.0 Å². The highest BCUT2D eigenvalue weighted by Gasteiger charge is 2.33. The first-order chi connectivity index (χ1) is 18.9. The van der Waals surface area contributed by atoms with Gasteiger partial charge in [0.05, 0.1) is 17.8 Å². The summed E-state index contributed by atoms with van der Waals surface area (Å²) in [5.41, 5.74) is 0.0745. The van der Waals surface area contributed by atoms with E-state index in [1.54, 1.807) is 20.8 Å². The van der Waals surface area contributed by atoms with E-state index in [0.717, 1.165) is 19.3 Å². The van der Waals surface area contributed by atoms with Gasteiger partial charge in [-0.25, -0.2) is 0 Å². The van der Waals surface area contributed by atoms with Gasteiger partial charge in [0.1, 0.15) is 5.75 Å². The smallest absolute Gasteiger partial charge is 0.250 e. The van der Waals surface area contributed by atoms with Gasteiger partial charge in [0.15, 0.2) is 11.2 Å². The van der Waals surface area contributed by atoms with Crippen molar-refractivity contribution in [2.45, 2.75) is 149 Å². The number of anilines is 1. The number of carbonyl (C=O) groups is 3. The van der Waals surface area contributed by atoms with Crippen LogP contribution in [0.5, 0.6) is 5.75 Å². The minimum Gasteiger partial charge on any atom is -0.545 e. The third-order valence-corrected chi connectivity index (χ3v) is 7.47. The van der Waals surface area contributed by atoms with Gasteiger partial charge in [0, 0.05) is 16.5 Å². The molecule has 1 amide bonds. The molecule has 1 aromatic rings. The zero-order chi connectivity index (χ0) is 30.1. The van der Waals surface area contributed by atoms with E-state index >= 15 is 0 Å². The number of unbranched alkanes of at least 4 members (excludes halogenated alkanes) is 13. The molecule has 0 bridgehead atoms. The molecular weight excluding hydrogens is 526 g/mol. The number of rotatable bonds is 21. The fraction of sp³-hybridized carbons (Fsp3) is 0.727. The maximum absolute atomic E-state index is 12.8. The van der Waals surface area contributed by atoms with Gasteiger partial charge in [-0.15, -0.1) is 11.6 Å². The average Bonchev–Trinajstić information content (AvgIpc) is 2.88. The van der Waals surface area contributed by atoms with Crippen LogP contribution in [-0.4, -0.2) is 29.1 Å². The second kappa shape index (κ2) is 19.1. The molecule has 1 atom stereocenters. The lowest BCUT2D eigenvalue weighted by Crippen LogP contribution is -2.37. The molecule has 0 aromatic heterocycles. The molecule has 1 N–H and O–H groups in total. The van der Waals surface area contributed by atoms with Crippen LogP contribution in [0.15, 0.2) is 12.1 Å². The van der Waals surface area contributed by atoms with Crippen LogP contribution in [0, 0.1) is 5.41 Å². The molecule has 40 heavy (non-hydrogen) atoms. The SMILES string of the molecule is CCCCCCCCCCCCCCCCc1c(C(=O)[O-])ccc(NC(=O)C(Cl)C(=O)C(C)(C)C)c1OC(C)C. The number of carbonyl (C=O) groups excluding carboxylic acids is 3. The van der Waals surface area contributed by atoms with Crippen LogP contribution < -0.4 is 15.2 Å². The van der Waals surface area contributed by atoms with E-state index in [4.69, 9.17) is 16.3 Å². The van der Waals surface area contributed by atoms with E-state index in [2.05, 4.69) is 12.2 Å². The molecule has 0 heterocycles. The van der Waals surface area contributed by atoms with Gasteiger partial charge >= 0.3 is 0 Å². The predicted molar refractivity (Wildman–Crippen MR) is 163 cm³/mol. The first-order valence-corrected chi connectivity index (χ1v) is 15.9. The van der Waals surface area contributed by atoms with Crippen LogP contribution >= 0.6 is 11.6 Å². The number of nitrogens with one attached hydrogen (secondary N) is 1. The average molecular weight is 579 g/mol. The van der Waals surface area contributed by atoms with E-state index < -0.39 is 28.5 Å². The molecule has 7 heteroatoms. The number of aromatic carboxylic acids is 1. The lowest BCUT2D eigenvalue weighted by molar-refractivity contribution is -0.255. The lowest BCUT2D eigenvalue weighted by atomic mass is 9.88. The number of carboxylic acids is 1. The summed E-state index contributed by atoms with van der Waals surface area (Å²) in [6.07, 6.45) is 17.5. The minimum absolute atomic E-state index is 0.0523. The second-order valence-electron chi connectivity index (χ2n) is 12.2. The molecule has 0 saturated heterocycles. The van der Waals surface area contributed by atoms with Crippen molar-refractivity contribution in [1.82, 2.24) is 0 Å². The fourth-order valence-corrected chi connectivity index (χ4v) is 5.11. The number of benzene rings is 1. The molecule has 0 saturated carbocycles. The summed E-state index contributed by atoms with van der Waals surface area (Å²) in [5, 5.41) is 13.3. The Morgan fingerprint density at radius 2 is 1.32 bits per heavy atom. The number of ether oxygens (including phenoxy) is 1. The van der Waals surface area contributed by atoms with Crippen LogP contribution in [0.1, 0.15) is 147 Å². The van der Waals surface area contributed by atoms with Crippen molar-refractivity contribution >= 4 is 34.9 Å². The molecule has 1 unspecified atom stereocenters. The Morgan fingerprint density at radius 1 is 0.850 bits per heavy atom. The molecule has 6 nitrogen and oxygen atoms in total. The summed E-state index contributed by atoms with van der Waals surface area (Å²) in [5.74, 6) is -2.05. The summed E-state index contributed by atoms with van der Waals surface area (Å²) in [6, 6.07) is 2.90. The molecule has 0 radical (unpaired) electrons. The summed E-state index contributed by atoms with van der Waals surface area (Å²) in [7, 11) is 0. The van der Waals surface area contributed by atoms with Crippen molar-refractivity contribution < 1.29 is 24.2 Å². The Kier molecular flexibility index (Phi) is 17.2. The van der Waals surface area contributed by atoms with Gasteiger partial charge in [-0.2, -0.15) is 0 Å². The third-order valence-electron chi connectivity index (χ3n) is 7.07. The topological polar surface area (TPSA) is 95.5 Å². The monoisotopic (exact) mass is 578 g/mol. The number of alkyl halides is 1. The first kappa shape index (κ1) is 35.9. The molecule has 1 aromatic carbocycles. The van der Waals surface area contributed by atoms with Gasteiger partial charge in [0.2, 0.25) is 5.91 Å². The number of hydrogen-bond donors (Lipinski definition) is 1. The maximum Gasteiger partial charge on any atom is 0.250 e. The Hall–Kier alpha value is -2.08.